The van der Waals surface area contributed by atoms with Gasteiger partial charge in [-0.15, -0.1) is 0 Å². The Hall–Kier alpha value is -1.10. The number of carbonyl (C=O) groups excluding carboxylic acids is 2. The van der Waals surface area contributed by atoms with Crippen LogP contribution in [0.1, 0.15) is 65.2 Å². The number of likely N-dealkylation sites (N-methyl/N-ethyl adjacent to an activating group) is 1. The predicted molar refractivity (Wildman–Crippen MR) is 87.7 cm³/mol. The standard InChI is InChI=1S/C17H33NO4/c1-5-7-9-11-15(12-10-8-6-2)22-17(20)14-18(3)13-16(19)21-4/h15H,5-14H2,1-4H3. The lowest BCUT2D eigenvalue weighted by Crippen LogP contribution is -2.34. The molecule has 0 fully saturated rings. The fraction of sp³-hybridized carbons (Fsp3) is 0.882. The molecule has 0 atom stereocenters. The van der Waals surface area contributed by atoms with E-state index in [4.69, 9.17) is 4.74 Å². The highest BCUT2D eigenvalue weighted by Gasteiger charge is 2.17. The maximum Gasteiger partial charge on any atom is 0.320 e. The molecule has 0 aromatic rings. The van der Waals surface area contributed by atoms with Crippen molar-refractivity contribution < 1.29 is 19.1 Å². The Balaban J connectivity index is 4.18. The molecule has 0 amide bonds. The monoisotopic (exact) mass is 315 g/mol. The van der Waals surface area contributed by atoms with Crippen LogP contribution >= 0.6 is 0 Å². The van der Waals surface area contributed by atoms with Crippen LogP contribution in [0.5, 0.6) is 0 Å². The molecule has 0 aromatic carbocycles. The van der Waals surface area contributed by atoms with Crippen LogP contribution in [0, 0.1) is 0 Å². The van der Waals surface area contributed by atoms with Crippen molar-refractivity contribution in [3.63, 3.8) is 0 Å². The Labute approximate surface area is 135 Å². The van der Waals surface area contributed by atoms with E-state index >= 15 is 0 Å². The number of ether oxygens (including phenoxy) is 2. The van der Waals surface area contributed by atoms with Crippen LogP contribution in [-0.2, 0) is 19.1 Å². The van der Waals surface area contributed by atoms with E-state index in [1.54, 1.807) is 11.9 Å². The quantitative estimate of drug-likeness (QED) is 0.386. The molecule has 0 aliphatic rings. The third-order valence-corrected chi connectivity index (χ3v) is 3.58. The highest BCUT2D eigenvalue weighted by molar-refractivity contribution is 5.74. The third kappa shape index (κ3) is 11.5. The maximum absolute atomic E-state index is 12.0. The molecule has 5 heteroatoms. The highest BCUT2D eigenvalue weighted by atomic mass is 16.5. The van der Waals surface area contributed by atoms with Crippen LogP contribution in [0.2, 0.25) is 0 Å². The summed E-state index contributed by atoms with van der Waals surface area (Å²) < 4.78 is 10.2. The molecule has 0 bridgehead atoms. The summed E-state index contributed by atoms with van der Waals surface area (Å²) in [6.07, 6.45) is 8.74. The smallest absolute Gasteiger partial charge is 0.320 e. The summed E-state index contributed by atoms with van der Waals surface area (Å²) in [6.45, 7) is 4.55. The van der Waals surface area contributed by atoms with Gasteiger partial charge in [-0.25, -0.2) is 0 Å². The summed E-state index contributed by atoms with van der Waals surface area (Å²) in [5, 5.41) is 0. The normalized spacial score (nSPS) is 11.0. The second kappa shape index (κ2) is 13.6. The van der Waals surface area contributed by atoms with Crippen molar-refractivity contribution in [2.75, 3.05) is 27.2 Å². The minimum atomic E-state index is -0.349. The van der Waals surface area contributed by atoms with Gasteiger partial charge < -0.3 is 9.47 Å². The van der Waals surface area contributed by atoms with E-state index in [2.05, 4.69) is 18.6 Å². The SMILES string of the molecule is CCCCCC(CCCCC)OC(=O)CN(C)CC(=O)OC. The molecular formula is C17H33NO4. The van der Waals surface area contributed by atoms with Crippen molar-refractivity contribution in [3.8, 4) is 0 Å². The van der Waals surface area contributed by atoms with Crippen molar-refractivity contribution >= 4 is 11.9 Å². The zero-order valence-electron chi connectivity index (χ0n) is 14.7. The summed E-state index contributed by atoms with van der Waals surface area (Å²) in [5.74, 6) is -0.609. The Kier molecular flexibility index (Phi) is 12.9. The second-order valence-corrected chi connectivity index (χ2v) is 5.85. The molecular weight excluding hydrogens is 282 g/mol. The number of hydrogen-bond donors (Lipinski definition) is 0. The van der Waals surface area contributed by atoms with Gasteiger partial charge in [-0.1, -0.05) is 39.5 Å². The molecule has 0 radical (unpaired) electrons. The molecule has 22 heavy (non-hydrogen) atoms. The zero-order valence-corrected chi connectivity index (χ0v) is 14.7. The third-order valence-electron chi connectivity index (χ3n) is 3.58. The molecule has 5 nitrogen and oxygen atoms in total. The summed E-state index contributed by atoms with van der Waals surface area (Å²) in [6, 6.07) is 0. The summed E-state index contributed by atoms with van der Waals surface area (Å²) >= 11 is 0. The number of nitrogens with zero attached hydrogens (tertiary/aromatic N) is 1. The van der Waals surface area contributed by atoms with Crippen LogP contribution in [-0.4, -0.2) is 50.2 Å². The van der Waals surface area contributed by atoms with Gasteiger partial charge in [-0.2, -0.15) is 0 Å². The van der Waals surface area contributed by atoms with Gasteiger partial charge in [0.05, 0.1) is 20.2 Å². The molecule has 130 valence electrons. The Morgan fingerprint density at radius 1 is 0.909 bits per heavy atom. The lowest BCUT2D eigenvalue weighted by atomic mass is 10.0. The van der Waals surface area contributed by atoms with Crippen molar-refractivity contribution in [2.24, 2.45) is 0 Å². The van der Waals surface area contributed by atoms with Crippen LogP contribution in [0.3, 0.4) is 0 Å². The zero-order chi connectivity index (χ0) is 16.8. The van der Waals surface area contributed by atoms with Crippen molar-refractivity contribution in [2.45, 2.75) is 71.3 Å². The van der Waals surface area contributed by atoms with E-state index in [0.717, 1.165) is 38.5 Å². The van der Waals surface area contributed by atoms with Gasteiger partial charge in [0.25, 0.3) is 0 Å². The van der Waals surface area contributed by atoms with Gasteiger partial charge >= 0.3 is 11.9 Å². The van der Waals surface area contributed by atoms with Gasteiger partial charge in [-0.3, -0.25) is 14.5 Å². The first-order chi connectivity index (χ1) is 10.5. The molecule has 0 rings (SSSR count). The average Bonchev–Trinajstić information content (AvgIpc) is 2.47. The van der Waals surface area contributed by atoms with E-state index < -0.39 is 0 Å². The molecule has 0 saturated heterocycles. The van der Waals surface area contributed by atoms with Crippen molar-refractivity contribution in [1.29, 1.82) is 0 Å². The molecule has 0 N–H and O–H groups in total. The first kappa shape index (κ1) is 20.9. The van der Waals surface area contributed by atoms with Gasteiger partial charge in [0.2, 0.25) is 0 Å². The van der Waals surface area contributed by atoms with Crippen LogP contribution in [0.15, 0.2) is 0 Å². The topological polar surface area (TPSA) is 55.8 Å². The lowest BCUT2D eigenvalue weighted by Gasteiger charge is -2.20. The number of esters is 2. The number of hydrogen-bond acceptors (Lipinski definition) is 5. The average molecular weight is 315 g/mol. The molecule has 0 unspecified atom stereocenters. The van der Waals surface area contributed by atoms with E-state index in [-0.39, 0.29) is 31.1 Å². The predicted octanol–water partition coefficient (Wildman–Crippen LogP) is 3.16. The first-order valence-corrected chi connectivity index (χ1v) is 8.48. The second-order valence-electron chi connectivity index (χ2n) is 5.85. The highest BCUT2D eigenvalue weighted by Crippen LogP contribution is 2.14. The maximum atomic E-state index is 12.0. The van der Waals surface area contributed by atoms with Crippen molar-refractivity contribution in [1.82, 2.24) is 4.90 Å². The van der Waals surface area contributed by atoms with E-state index in [1.165, 1.54) is 20.0 Å². The Bertz CT molecular complexity index is 297. The van der Waals surface area contributed by atoms with Crippen molar-refractivity contribution in [3.05, 3.63) is 0 Å². The van der Waals surface area contributed by atoms with Crippen LogP contribution in [0.4, 0.5) is 0 Å². The molecule has 0 saturated carbocycles. The number of carbonyl (C=O) groups is 2. The Morgan fingerprint density at radius 2 is 1.41 bits per heavy atom. The fourth-order valence-electron chi connectivity index (χ4n) is 2.29. The summed E-state index contributed by atoms with van der Waals surface area (Å²) in [7, 11) is 3.05. The summed E-state index contributed by atoms with van der Waals surface area (Å²) in [4.78, 5) is 24.8. The fourth-order valence-corrected chi connectivity index (χ4v) is 2.29. The Morgan fingerprint density at radius 3 is 1.86 bits per heavy atom. The van der Waals surface area contributed by atoms with Gasteiger partial charge in [0.1, 0.15) is 6.10 Å². The van der Waals surface area contributed by atoms with Crippen LogP contribution in [0.25, 0.3) is 0 Å². The first-order valence-electron chi connectivity index (χ1n) is 8.48. The van der Waals surface area contributed by atoms with E-state index in [1.807, 2.05) is 0 Å². The lowest BCUT2D eigenvalue weighted by molar-refractivity contribution is -0.151. The van der Waals surface area contributed by atoms with E-state index in [9.17, 15) is 9.59 Å². The summed E-state index contributed by atoms with van der Waals surface area (Å²) in [5.41, 5.74) is 0. The minimum absolute atomic E-state index is 0.0112. The largest absolute Gasteiger partial charge is 0.468 e. The molecule has 0 spiro atoms. The van der Waals surface area contributed by atoms with Gasteiger partial charge in [0.15, 0.2) is 0 Å². The molecule has 0 heterocycles. The van der Waals surface area contributed by atoms with Gasteiger partial charge in [0, 0.05) is 0 Å². The van der Waals surface area contributed by atoms with Gasteiger partial charge in [-0.05, 0) is 32.7 Å². The number of unbranched alkanes of at least 4 members (excludes halogenated alkanes) is 4. The molecule has 0 aliphatic heterocycles. The molecule has 0 aliphatic carbocycles. The number of methoxy groups -OCH3 is 1. The minimum Gasteiger partial charge on any atom is -0.468 e. The van der Waals surface area contributed by atoms with Crippen LogP contribution < -0.4 is 0 Å². The molecule has 0 aromatic heterocycles. The van der Waals surface area contributed by atoms with E-state index in [0.29, 0.717) is 0 Å². The number of rotatable bonds is 13.